The topological polar surface area (TPSA) is 124 Å². The molecule has 1 aliphatic heterocycles. The molecule has 3 aromatic carbocycles. The number of aliphatic hydroxyl groups is 1. The smallest absolute Gasteiger partial charge is 0.340 e. The molecule has 9 heteroatoms. The van der Waals surface area contributed by atoms with Crippen molar-refractivity contribution in [3.8, 4) is 0 Å². The predicted octanol–water partition coefficient (Wildman–Crippen LogP) is 5.14. The fourth-order valence-corrected chi connectivity index (χ4v) is 4.98. The first-order chi connectivity index (χ1) is 19.6. The monoisotopic (exact) mass is 563 g/mol. The summed E-state index contributed by atoms with van der Waals surface area (Å²) in [5.41, 5.74) is -1.36. The number of benzene rings is 3. The van der Waals surface area contributed by atoms with E-state index in [9.17, 15) is 19.5 Å². The molecule has 4 rings (SSSR count). The van der Waals surface area contributed by atoms with Crippen molar-refractivity contribution in [1.29, 1.82) is 0 Å². The van der Waals surface area contributed by atoms with Crippen LogP contribution in [0.3, 0.4) is 0 Å². The van der Waals surface area contributed by atoms with Gasteiger partial charge in [0.25, 0.3) is 0 Å². The minimum atomic E-state index is -1.17. The van der Waals surface area contributed by atoms with Gasteiger partial charge in [0.2, 0.25) is 0 Å². The van der Waals surface area contributed by atoms with Crippen molar-refractivity contribution in [2.45, 2.75) is 53.1 Å². The van der Waals surface area contributed by atoms with Gasteiger partial charge in [0.1, 0.15) is 12.7 Å². The van der Waals surface area contributed by atoms with Crippen LogP contribution in [0, 0.1) is 16.7 Å². The molecule has 0 aliphatic carbocycles. The van der Waals surface area contributed by atoms with Crippen molar-refractivity contribution in [3.05, 3.63) is 60.2 Å². The first-order valence-corrected chi connectivity index (χ1v) is 13.8. The minimum absolute atomic E-state index is 0.00594. The normalized spacial score (nSPS) is 17.2. The van der Waals surface area contributed by atoms with Crippen molar-refractivity contribution in [2.75, 3.05) is 20.0 Å². The number of esters is 2. The summed E-state index contributed by atoms with van der Waals surface area (Å²) in [5.74, 6) is -2.70. The summed E-state index contributed by atoms with van der Waals surface area (Å²) in [5, 5.41) is 17.3. The first-order valence-electron chi connectivity index (χ1n) is 13.8. The lowest BCUT2D eigenvalue weighted by molar-refractivity contribution is -0.165. The third kappa shape index (κ3) is 7.28. The van der Waals surface area contributed by atoms with E-state index in [1.807, 2.05) is 55.5 Å². The van der Waals surface area contributed by atoms with Crippen LogP contribution in [0.5, 0.6) is 0 Å². The van der Waals surface area contributed by atoms with Gasteiger partial charge in [-0.3, -0.25) is 9.59 Å². The van der Waals surface area contributed by atoms with E-state index < -0.39 is 41.4 Å². The molecule has 3 aromatic rings. The van der Waals surface area contributed by atoms with Gasteiger partial charge in [-0.1, -0.05) is 60.6 Å². The van der Waals surface area contributed by atoms with Gasteiger partial charge in [0, 0.05) is 5.56 Å². The van der Waals surface area contributed by atoms with E-state index >= 15 is 0 Å². The molecule has 9 nitrogen and oxygen atoms in total. The van der Waals surface area contributed by atoms with Crippen molar-refractivity contribution in [2.24, 2.45) is 21.9 Å². The van der Waals surface area contributed by atoms with Gasteiger partial charge >= 0.3 is 17.9 Å². The molecule has 0 aromatic heterocycles. The van der Waals surface area contributed by atoms with Crippen LogP contribution in [0.4, 0.5) is 0 Å². The molecule has 1 heterocycles. The predicted molar refractivity (Wildman–Crippen MR) is 154 cm³/mol. The number of carbonyl (C=O) groups excluding carboxylic acids is 3. The fourth-order valence-electron chi connectivity index (χ4n) is 4.98. The lowest BCUT2D eigenvalue weighted by atomic mass is 9.73. The average Bonchev–Trinajstić information content (AvgIpc) is 3.79. The molecular formula is C32H37NO8. The molecule has 3 unspecified atom stereocenters. The lowest BCUT2D eigenvalue weighted by Gasteiger charge is -2.32. The number of ether oxygens (including phenoxy) is 3. The highest BCUT2D eigenvalue weighted by Gasteiger charge is 2.43. The number of hydrogen-bond donors (Lipinski definition) is 1. The molecule has 1 aliphatic rings. The van der Waals surface area contributed by atoms with Crippen LogP contribution in [-0.2, 0) is 33.4 Å². The SMILES string of the molecule is CCC(C)(CC(CC(C)(C)C(=O)ON=Cc1c2ccccc2cc2ccccc12)C(=O)OCO)C(=O)OCC1CO1. The molecule has 0 bridgehead atoms. The Morgan fingerprint density at radius 3 is 2.17 bits per heavy atom. The number of nitrogens with zero attached hydrogens (tertiary/aromatic N) is 1. The number of oxime groups is 1. The van der Waals surface area contributed by atoms with Crippen molar-refractivity contribution in [1.82, 2.24) is 0 Å². The fraction of sp³-hybridized carbons (Fsp3) is 0.438. The summed E-state index contributed by atoms with van der Waals surface area (Å²) in [4.78, 5) is 44.3. The molecule has 0 saturated carbocycles. The molecule has 0 amide bonds. The Labute approximate surface area is 239 Å². The number of hydrogen-bond acceptors (Lipinski definition) is 9. The molecule has 41 heavy (non-hydrogen) atoms. The largest absolute Gasteiger partial charge is 0.462 e. The lowest BCUT2D eigenvalue weighted by Crippen LogP contribution is -2.38. The summed E-state index contributed by atoms with van der Waals surface area (Å²) in [7, 11) is 0. The van der Waals surface area contributed by atoms with Crippen LogP contribution in [-0.4, -0.2) is 55.3 Å². The van der Waals surface area contributed by atoms with Gasteiger partial charge in [0.15, 0.2) is 6.79 Å². The number of carbonyl (C=O) groups is 3. The van der Waals surface area contributed by atoms with Gasteiger partial charge < -0.3 is 24.2 Å². The summed E-state index contributed by atoms with van der Waals surface area (Å²) >= 11 is 0. The second-order valence-corrected chi connectivity index (χ2v) is 11.4. The molecule has 1 N–H and O–H groups in total. The van der Waals surface area contributed by atoms with Crippen LogP contribution in [0.1, 0.15) is 52.5 Å². The van der Waals surface area contributed by atoms with Gasteiger partial charge in [0.05, 0.1) is 29.6 Å². The van der Waals surface area contributed by atoms with E-state index in [-0.39, 0.29) is 25.6 Å². The summed E-state index contributed by atoms with van der Waals surface area (Å²) in [6, 6.07) is 17.9. The zero-order valence-electron chi connectivity index (χ0n) is 23.9. The van der Waals surface area contributed by atoms with Crippen LogP contribution in [0.2, 0.25) is 0 Å². The number of rotatable bonds is 13. The summed E-state index contributed by atoms with van der Waals surface area (Å²) in [6.07, 6.45) is 1.91. The van der Waals surface area contributed by atoms with Gasteiger partial charge in [-0.2, -0.15) is 0 Å². The van der Waals surface area contributed by atoms with Crippen LogP contribution < -0.4 is 0 Å². The zero-order chi connectivity index (χ0) is 29.6. The molecular weight excluding hydrogens is 526 g/mol. The summed E-state index contributed by atoms with van der Waals surface area (Å²) < 4.78 is 15.4. The maximum Gasteiger partial charge on any atom is 0.340 e. The molecule has 1 saturated heterocycles. The quantitative estimate of drug-likeness (QED) is 0.0576. The Morgan fingerprint density at radius 1 is 1.00 bits per heavy atom. The average molecular weight is 564 g/mol. The Bertz CT molecular complexity index is 1390. The molecule has 3 atom stereocenters. The van der Waals surface area contributed by atoms with Crippen LogP contribution in [0.25, 0.3) is 21.5 Å². The second-order valence-electron chi connectivity index (χ2n) is 11.4. The highest BCUT2D eigenvalue weighted by molar-refractivity contribution is 6.13. The maximum atomic E-state index is 13.2. The highest BCUT2D eigenvalue weighted by Crippen LogP contribution is 2.38. The molecule has 1 fully saturated rings. The first kappa shape index (κ1) is 30.1. The molecule has 0 spiro atoms. The van der Waals surface area contributed by atoms with E-state index in [0.29, 0.717) is 13.0 Å². The standard InChI is InChI=1S/C32H37NO8/c1-5-32(4,30(37)39-19-24-18-38-24)16-23(28(35)40-20-34)15-31(2,3)29(36)41-33-17-27-25-12-8-6-10-21(25)14-22-11-7-9-13-26(22)27/h6-14,17,23-24,34H,5,15-16,18-20H2,1-4H3. The Balaban J connectivity index is 1.50. The number of fused-ring (bicyclic) bond motifs is 2. The second kappa shape index (κ2) is 12.8. The summed E-state index contributed by atoms with van der Waals surface area (Å²) in [6.45, 7) is 6.72. The van der Waals surface area contributed by atoms with Gasteiger partial charge in [-0.25, -0.2) is 4.79 Å². The van der Waals surface area contributed by atoms with Crippen molar-refractivity contribution < 1.29 is 38.5 Å². The Kier molecular flexibility index (Phi) is 9.40. The van der Waals surface area contributed by atoms with E-state index in [2.05, 4.69) is 11.2 Å². The maximum absolute atomic E-state index is 13.2. The van der Waals surface area contributed by atoms with Crippen molar-refractivity contribution >= 4 is 45.7 Å². The third-order valence-electron chi connectivity index (χ3n) is 7.75. The van der Waals surface area contributed by atoms with Crippen LogP contribution >= 0.6 is 0 Å². The van der Waals surface area contributed by atoms with Gasteiger partial charge in [-0.15, -0.1) is 0 Å². The van der Waals surface area contributed by atoms with Gasteiger partial charge in [-0.05, 0) is 67.6 Å². The number of aliphatic hydroxyl groups excluding tert-OH is 1. The van der Waals surface area contributed by atoms with Crippen molar-refractivity contribution in [3.63, 3.8) is 0 Å². The zero-order valence-corrected chi connectivity index (χ0v) is 23.9. The van der Waals surface area contributed by atoms with E-state index in [1.165, 1.54) is 6.21 Å². The van der Waals surface area contributed by atoms with E-state index in [0.717, 1.165) is 27.1 Å². The van der Waals surface area contributed by atoms with E-state index in [4.69, 9.17) is 19.0 Å². The Morgan fingerprint density at radius 2 is 1.61 bits per heavy atom. The van der Waals surface area contributed by atoms with E-state index in [1.54, 1.807) is 20.8 Å². The molecule has 218 valence electrons. The van der Waals surface area contributed by atoms with Crippen LogP contribution in [0.15, 0.2) is 59.8 Å². The highest BCUT2D eigenvalue weighted by atomic mass is 16.7. The number of epoxide rings is 1. The Hall–Kier alpha value is -3.82. The molecule has 0 radical (unpaired) electrons. The minimum Gasteiger partial charge on any atom is -0.462 e. The third-order valence-corrected chi connectivity index (χ3v) is 7.75.